The molecule has 4 nitrogen and oxygen atoms in total. The Labute approximate surface area is 109 Å². The van der Waals surface area contributed by atoms with Crippen LogP contribution in [-0.2, 0) is 0 Å². The molecule has 100 valence electrons. The molecule has 1 aromatic rings. The molecule has 1 fully saturated rings. The summed E-state index contributed by atoms with van der Waals surface area (Å²) in [5, 5.41) is 9.47. The van der Waals surface area contributed by atoms with E-state index in [1.54, 1.807) is 6.92 Å². The first kappa shape index (κ1) is 13.3. The third-order valence-electron chi connectivity index (χ3n) is 3.58. The Balaban J connectivity index is 2.14. The van der Waals surface area contributed by atoms with Crippen LogP contribution in [-0.4, -0.2) is 47.7 Å². The number of hydrogen-bond acceptors (Lipinski definition) is 4. The highest BCUT2D eigenvalue weighted by molar-refractivity contribution is 5.46. The standard InChI is InChI=1S/C14H23N3O/c1-11-10-16(3)7-4-8-17(11)13-5-6-14(12(2)18)15-9-13/h5-6,9,11-12,18H,4,7-8,10H2,1-3H3/t11?,12-/m1/s1. The van der Waals surface area contributed by atoms with Crippen molar-refractivity contribution < 1.29 is 5.11 Å². The Morgan fingerprint density at radius 2 is 2.17 bits per heavy atom. The molecule has 1 aliphatic rings. The number of nitrogens with zero attached hydrogens (tertiary/aromatic N) is 3. The minimum absolute atomic E-state index is 0.494. The fraction of sp³-hybridized carbons (Fsp3) is 0.643. The number of aliphatic hydroxyl groups is 1. The molecule has 0 bridgehead atoms. The summed E-state index contributed by atoms with van der Waals surface area (Å²) in [4.78, 5) is 9.11. The van der Waals surface area contributed by atoms with Crippen molar-refractivity contribution in [3.63, 3.8) is 0 Å². The molecule has 1 N–H and O–H groups in total. The summed E-state index contributed by atoms with van der Waals surface area (Å²) in [6.07, 6.45) is 2.56. The zero-order chi connectivity index (χ0) is 13.1. The lowest BCUT2D eigenvalue weighted by molar-refractivity contribution is 0.194. The fourth-order valence-corrected chi connectivity index (χ4v) is 2.57. The Morgan fingerprint density at radius 1 is 1.39 bits per heavy atom. The van der Waals surface area contributed by atoms with E-state index in [2.05, 4.69) is 34.8 Å². The van der Waals surface area contributed by atoms with E-state index in [1.165, 1.54) is 6.42 Å². The van der Waals surface area contributed by atoms with E-state index < -0.39 is 6.10 Å². The molecule has 0 saturated carbocycles. The van der Waals surface area contributed by atoms with Crippen molar-refractivity contribution in [1.82, 2.24) is 9.88 Å². The number of likely N-dealkylation sites (N-methyl/N-ethyl adjacent to an activating group) is 1. The van der Waals surface area contributed by atoms with Crippen LogP contribution < -0.4 is 4.90 Å². The number of anilines is 1. The lowest BCUT2D eigenvalue weighted by Gasteiger charge is -2.30. The van der Waals surface area contributed by atoms with Crippen molar-refractivity contribution in [2.75, 3.05) is 31.6 Å². The predicted octanol–water partition coefficient (Wildman–Crippen LogP) is 1.67. The summed E-state index contributed by atoms with van der Waals surface area (Å²) in [7, 11) is 2.18. The van der Waals surface area contributed by atoms with E-state index in [9.17, 15) is 5.11 Å². The fourth-order valence-electron chi connectivity index (χ4n) is 2.57. The van der Waals surface area contributed by atoms with E-state index >= 15 is 0 Å². The monoisotopic (exact) mass is 249 g/mol. The molecule has 0 spiro atoms. The van der Waals surface area contributed by atoms with Crippen LogP contribution in [0.4, 0.5) is 5.69 Å². The lowest BCUT2D eigenvalue weighted by Crippen LogP contribution is -2.38. The molecule has 0 radical (unpaired) electrons. The summed E-state index contributed by atoms with van der Waals surface area (Å²) in [6, 6.07) is 4.48. The third-order valence-corrected chi connectivity index (χ3v) is 3.58. The van der Waals surface area contributed by atoms with Crippen LogP contribution in [0.1, 0.15) is 32.1 Å². The molecule has 2 atom stereocenters. The number of aromatic nitrogens is 1. The number of hydrogen-bond donors (Lipinski definition) is 1. The summed E-state index contributed by atoms with van der Waals surface area (Å²) in [5.41, 5.74) is 1.89. The van der Waals surface area contributed by atoms with Crippen molar-refractivity contribution in [1.29, 1.82) is 0 Å². The van der Waals surface area contributed by atoms with Crippen molar-refractivity contribution in [3.8, 4) is 0 Å². The topological polar surface area (TPSA) is 39.6 Å². The number of rotatable bonds is 2. The van der Waals surface area contributed by atoms with Gasteiger partial charge in [-0.3, -0.25) is 4.98 Å². The van der Waals surface area contributed by atoms with Gasteiger partial charge >= 0.3 is 0 Å². The average molecular weight is 249 g/mol. The normalized spacial score (nSPS) is 23.8. The molecule has 0 amide bonds. The van der Waals surface area contributed by atoms with Gasteiger partial charge in [0.1, 0.15) is 0 Å². The highest BCUT2D eigenvalue weighted by Crippen LogP contribution is 2.20. The van der Waals surface area contributed by atoms with Crippen LogP contribution in [0.15, 0.2) is 18.3 Å². The van der Waals surface area contributed by atoms with Gasteiger partial charge in [-0.25, -0.2) is 0 Å². The molecule has 2 rings (SSSR count). The maximum atomic E-state index is 9.47. The van der Waals surface area contributed by atoms with Gasteiger partial charge in [-0.2, -0.15) is 0 Å². The van der Waals surface area contributed by atoms with Gasteiger partial charge in [-0.1, -0.05) is 0 Å². The van der Waals surface area contributed by atoms with Crippen LogP contribution in [0.3, 0.4) is 0 Å². The SMILES string of the molecule is CC1CN(C)CCCN1c1ccc([C@@H](C)O)nc1. The van der Waals surface area contributed by atoms with Gasteiger partial charge < -0.3 is 14.9 Å². The quantitative estimate of drug-likeness (QED) is 0.865. The summed E-state index contributed by atoms with van der Waals surface area (Å²) < 4.78 is 0. The van der Waals surface area contributed by atoms with Crippen LogP contribution in [0, 0.1) is 0 Å². The van der Waals surface area contributed by atoms with Crippen molar-refractivity contribution in [2.45, 2.75) is 32.4 Å². The minimum Gasteiger partial charge on any atom is -0.387 e. The molecule has 0 aliphatic carbocycles. The van der Waals surface area contributed by atoms with Gasteiger partial charge in [0.2, 0.25) is 0 Å². The van der Waals surface area contributed by atoms with E-state index in [0.29, 0.717) is 6.04 Å². The molecule has 2 heterocycles. The Morgan fingerprint density at radius 3 is 2.78 bits per heavy atom. The highest BCUT2D eigenvalue weighted by atomic mass is 16.3. The first-order valence-electron chi connectivity index (χ1n) is 6.67. The maximum absolute atomic E-state index is 9.47. The second-order valence-corrected chi connectivity index (χ2v) is 5.28. The largest absolute Gasteiger partial charge is 0.387 e. The van der Waals surface area contributed by atoms with Gasteiger partial charge in [0, 0.05) is 19.1 Å². The average Bonchev–Trinajstić information content (AvgIpc) is 2.50. The molecule has 0 aromatic carbocycles. The molecule has 4 heteroatoms. The lowest BCUT2D eigenvalue weighted by atomic mass is 10.2. The molecule has 1 saturated heterocycles. The third kappa shape index (κ3) is 3.00. The van der Waals surface area contributed by atoms with E-state index in [1.807, 2.05) is 12.3 Å². The van der Waals surface area contributed by atoms with Crippen LogP contribution >= 0.6 is 0 Å². The van der Waals surface area contributed by atoms with Crippen LogP contribution in [0.2, 0.25) is 0 Å². The first-order chi connectivity index (χ1) is 8.58. The molecule has 1 aliphatic heterocycles. The number of aliphatic hydroxyl groups excluding tert-OH is 1. The summed E-state index contributed by atoms with van der Waals surface area (Å²) in [5.74, 6) is 0. The minimum atomic E-state index is -0.494. The number of pyridine rings is 1. The van der Waals surface area contributed by atoms with Crippen molar-refractivity contribution >= 4 is 5.69 Å². The predicted molar refractivity (Wildman–Crippen MR) is 73.8 cm³/mol. The zero-order valence-electron chi connectivity index (χ0n) is 11.5. The molecular formula is C14H23N3O. The first-order valence-corrected chi connectivity index (χ1v) is 6.67. The van der Waals surface area contributed by atoms with Gasteiger partial charge in [-0.05, 0) is 46.0 Å². The Hall–Kier alpha value is -1.13. The summed E-state index contributed by atoms with van der Waals surface area (Å²) >= 11 is 0. The molecule has 1 unspecified atom stereocenters. The van der Waals surface area contributed by atoms with E-state index in [0.717, 1.165) is 31.0 Å². The van der Waals surface area contributed by atoms with Crippen molar-refractivity contribution in [3.05, 3.63) is 24.0 Å². The van der Waals surface area contributed by atoms with Gasteiger partial charge in [-0.15, -0.1) is 0 Å². The van der Waals surface area contributed by atoms with Crippen LogP contribution in [0.25, 0.3) is 0 Å². The Kier molecular flexibility index (Phi) is 4.19. The highest BCUT2D eigenvalue weighted by Gasteiger charge is 2.20. The zero-order valence-corrected chi connectivity index (χ0v) is 11.5. The Bertz CT molecular complexity index is 377. The summed E-state index contributed by atoms with van der Waals surface area (Å²) in [6.45, 7) is 7.30. The van der Waals surface area contributed by atoms with E-state index in [-0.39, 0.29) is 0 Å². The van der Waals surface area contributed by atoms with Gasteiger partial charge in [0.25, 0.3) is 0 Å². The second-order valence-electron chi connectivity index (χ2n) is 5.28. The van der Waals surface area contributed by atoms with E-state index in [4.69, 9.17) is 0 Å². The second kappa shape index (κ2) is 5.67. The van der Waals surface area contributed by atoms with Crippen molar-refractivity contribution in [2.24, 2.45) is 0 Å². The maximum Gasteiger partial charge on any atom is 0.0931 e. The van der Waals surface area contributed by atoms with Crippen LogP contribution in [0.5, 0.6) is 0 Å². The smallest absolute Gasteiger partial charge is 0.0931 e. The van der Waals surface area contributed by atoms with Gasteiger partial charge in [0.05, 0.1) is 23.7 Å². The molecule has 18 heavy (non-hydrogen) atoms. The molecular weight excluding hydrogens is 226 g/mol. The molecule has 1 aromatic heterocycles. The van der Waals surface area contributed by atoms with Gasteiger partial charge in [0.15, 0.2) is 0 Å².